The van der Waals surface area contributed by atoms with E-state index in [9.17, 15) is 9.59 Å². The molecule has 2 aromatic rings. The van der Waals surface area contributed by atoms with Crippen LogP contribution in [-0.2, 0) is 14.4 Å². The first-order chi connectivity index (χ1) is 13.0. The zero-order chi connectivity index (χ0) is 19.4. The van der Waals surface area contributed by atoms with Crippen LogP contribution in [0.25, 0.3) is 11.1 Å². The number of hydrogen-bond acceptors (Lipinski definition) is 5. The summed E-state index contributed by atoms with van der Waals surface area (Å²) < 4.78 is 5.37. The van der Waals surface area contributed by atoms with Crippen molar-refractivity contribution in [2.45, 2.75) is 24.8 Å². The molecule has 0 spiro atoms. The van der Waals surface area contributed by atoms with Crippen molar-refractivity contribution < 1.29 is 24.5 Å². The van der Waals surface area contributed by atoms with E-state index in [0.29, 0.717) is 0 Å². The van der Waals surface area contributed by atoms with Crippen LogP contribution < -0.4 is 5.32 Å². The van der Waals surface area contributed by atoms with Gasteiger partial charge in [-0.25, -0.2) is 9.59 Å². The Morgan fingerprint density at radius 1 is 1.15 bits per heavy atom. The third-order valence-electron chi connectivity index (χ3n) is 4.71. The highest BCUT2D eigenvalue weighted by molar-refractivity contribution is 5.85. The fraction of sp³-hybridized carbons (Fsp3) is 0.238. The fourth-order valence-corrected chi connectivity index (χ4v) is 3.33. The van der Waals surface area contributed by atoms with Gasteiger partial charge in [0.15, 0.2) is 5.54 Å². The van der Waals surface area contributed by atoms with Crippen LogP contribution in [0.2, 0.25) is 0 Å². The number of nitrogens with one attached hydrogen (secondary N) is 1. The van der Waals surface area contributed by atoms with Gasteiger partial charge in [0.2, 0.25) is 0 Å². The van der Waals surface area contributed by atoms with E-state index in [2.05, 4.69) is 16.1 Å². The molecule has 0 unspecified atom stereocenters. The monoisotopic (exact) mass is 365 g/mol. The van der Waals surface area contributed by atoms with Gasteiger partial charge in [-0.15, -0.1) is 12.3 Å². The van der Waals surface area contributed by atoms with E-state index in [1.165, 1.54) is 6.92 Å². The number of carbonyl (C=O) groups is 2. The van der Waals surface area contributed by atoms with Crippen LogP contribution >= 0.6 is 0 Å². The van der Waals surface area contributed by atoms with Gasteiger partial charge in [-0.1, -0.05) is 48.5 Å². The van der Waals surface area contributed by atoms with E-state index < -0.39 is 17.6 Å². The first kappa shape index (κ1) is 18.5. The third kappa shape index (κ3) is 3.50. The number of amides is 1. The van der Waals surface area contributed by atoms with E-state index in [1.54, 1.807) is 0 Å². The largest absolute Gasteiger partial charge is 0.449 e. The first-order valence-corrected chi connectivity index (χ1v) is 8.42. The molecule has 6 heteroatoms. The smallest absolute Gasteiger partial charge is 0.408 e. The topological polar surface area (TPSA) is 84.9 Å². The van der Waals surface area contributed by atoms with Crippen LogP contribution in [0.4, 0.5) is 4.79 Å². The molecule has 0 aliphatic heterocycles. The molecule has 0 saturated carbocycles. The highest BCUT2D eigenvalue weighted by Crippen LogP contribution is 2.44. The maximum Gasteiger partial charge on any atom is 0.408 e. The lowest BCUT2D eigenvalue weighted by Crippen LogP contribution is -2.52. The average Bonchev–Trinajstić information content (AvgIpc) is 3.00. The highest BCUT2D eigenvalue weighted by Gasteiger charge is 2.37. The van der Waals surface area contributed by atoms with Gasteiger partial charge in [0, 0.05) is 12.3 Å². The maximum absolute atomic E-state index is 12.2. The van der Waals surface area contributed by atoms with Crippen molar-refractivity contribution in [2.24, 2.45) is 0 Å². The molecule has 3 rings (SSSR count). The Morgan fingerprint density at radius 3 is 2.22 bits per heavy atom. The van der Waals surface area contributed by atoms with Crippen LogP contribution in [0, 0.1) is 12.3 Å². The van der Waals surface area contributed by atoms with Crippen molar-refractivity contribution >= 4 is 12.1 Å². The van der Waals surface area contributed by atoms with Gasteiger partial charge in [0.1, 0.15) is 6.61 Å². The minimum Gasteiger partial charge on any atom is -0.449 e. The zero-order valence-electron chi connectivity index (χ0n) is 14.8. The Bertz CT molecular complexity index is 871. The number of ether oxygens (including phenoxy) is 1. The molecule has 0 heterocycles. The molecule has 6 nitrogen and oxygen atoms in total. The van der Waals surface area contributed by atoms with Gasteiger partial charge in [-0.2, -0.15) is 5.26 Å². The standard InChI is InChI=1S/C21H19NO5/c1-3-12-21(2,19(23)27-25)22-20(24)26-13-18-16-10-6-4-8-14(16)15-9-5-7-11-17(15)18/h1,4-11,18,25H,12-13H2,2H3,(H,22,24)/t21-/m0/s1. The number of alkyl carbamates (subject to hydrolysis) is 1. The van der Waals surface area contributed by atoms with Crippen LogP contribution in [0.1, 0.15) is 30.4 Å². The Hall–Kier alpha value is -3.30. The molecule has 138 valence electrons. The molecule has 2 aromatic carbocycles. The lowest BCUT2D eigenvalue weighted by Gasteiger charge is -2.24. The fourth-order valence-electron chi connectivity index (χ4n) is 3.33. The molecule has 0 aromatic heterocycles. The Morgan fingerprint density at radius 2 is 1.70 bits per heavy atom. The summed E-state index contributed by atoms with van der Waals surface area (Å²) in [5.41, 5.74) is 2.80. The minimum absolute atomic E-state index is 0.0974. The van der Waals surface area contributed by atoms with Gasteiger partial charge >= 0.3 is 12.1 Å². The summed E-state index contributed by atoms with van der Waals surface area (Å²) in [7, 11) is 0. The summed E-state index contributed by atoms with van der Waals surface area (Å²) in [4.78, 5) is 27.7. The molecule has 0 bridgehead atoms. The van der Waals surface area contributed by atoms with Gasteiger partial charge < -0.3 is 10.1 Å². The number of benzene rings is 2. The molecule has 0 saturated heterocycles. The van der Waals surface area contributed by atoms with E-state index in [1.807, 2.05) is 48.5 Å². The Balaban J connectivity index is 1.74. The third-order valence-corrected chi connectivity index (χ3v) is 4.71. The number of rotatable bonds is 5. The number of carbonyl (C=O) groups excluding carboxylic acids is 2. The average molecular weight is 365 g/mol. The summed E-state index contributed by atoms with van der Waals surface area (Å²) in [5.74, 6) is 1.10. The van der Waals surface area contributed by atoms with Gasteiger partial charge in [-0.3, -0.25) is 4.89 Å². The molecule has 0 radical (unpaired) electrons. The van der Waals surface area contributed by atoms with E-state index >= 15 is 0 Å². The highest BCUT2D eigenvalue weighted by atomic mass is 17.1. The van der Waals surface area contributed by atoms with Crippen molar-refractivity contribution in [3.8, 4) is 23.5 Å². The number of terminal acetylenes is 1. The normalized spacial score (nSPS) is 14.3. The predicted molar refractivity (Wildman–Crippen MR) is 98.8 cm³/mol. The summed E-state index contributed by atoms with van der Waals surface area (Å²) >= 11 is 0. The summed E-state index contributed by atoms with van der Waals surface area (Å²) in [5, 5.41) is 11.0. The van der Waals surface area contributed by atoms with Gasteiger partial charge in [0.05, 0.1) is 0 Å². The second kappa shape index (κ2) is 7.52. The predicted octanol–water partition coefficient (Wildman–Crippen LogP) is 3.32. The van der Waals surface area contributed by atoms with Crippen LogP contribution in [-0.4, -0.2) is 29.5 Å². The van der Waals surface area contributed by atoms with Gasteiger partial charge in [0.25, 0.3) is 0 Å². The summed E-state index contributed by atoms with van der Waals surface area (Å²) in [6, 6.07) is 15.9. The first-order valence-electron chi connectivity index (χ1n) is 8.42. The summed E-state index contributed by atoms with van der Waals surface area (Å²) in [6.45, 7) is 1.45. The number of hydrogen-bond donors (Lipinski definition) is 2. The van der Waals surface area contributed by atoms with Crippen molar-refractivity contribution in [3.63, 3.8) is 0 Å². The van der Waals surface area contributed by atoms with Crippen LogP contribution in [0.15, 0.2) is 48.5 Å². The molecule has 27 heavy (non-hydrogen) atoms. The second-order valence-corrected chi connectivity index (χ2v) is 6.54. The molecule has 1 aliphatic carbocycles. The van der Waals surface area contributed by atoms with E-state index in [-0.39, 0.29) is 18.9 Å². The van der Waals surface area contributed by atoms with Crippen LogP contribution in [0.5, 0.6) is 0 Å². The SMILES string of the molecule is C#CC[C@](C)(NC(=O)OCC1c2ccccc2-c2ccccc21)C(=O)OO. The zero-order valence-corrected chi connectivity index (χ0v) is 14.8. The van der Waals surface area contributed by atoms with Gasteiger partial charge in [-0.05, 0) is 29.2 Å². The molecular weight excluding hydrogens is 346 g/mol. The summed E-state index contributed by atoms with van der Waals surface area (Å²) in [6.07, 6.45) is 4.26. The van der Waals surface area contributed by atoms with Crippen LogP contribution in [0.3, 0.4) is 0 Å². The maximum atomic E-state index is 12.2. The lowest BCUT2D eigenvalue weighted by atomic mass is 9.98. The molecule has 0 fully saturated rings. The Kier molecular flexibility index (Phi) is 5.15. The lowest BCUT2D eigenvalue weighted by molar-refractivity contribution is -0.240. The van der Waals surface area contributed by atoms with Crippen molar-refractivity contribution in [1.29, 1.82) is 0 Å². The molecular formula is C21H19NO5. The van der Waals surface area contributed by atoms with Crippen molar-refractivity contribution in [2.75, 3.05) is 6.61 Å². The molecule has 2 N–H and O–H groups in total. The Labute approximate surface area is 157 Å². The van der Waals surface area contributed by atoms with Crippen molar-refractivity contribution in [1.82, 2.24) is 5.32 Å². The molecule has 1 aliphatic rings. The van der Waals surface area contributed by atoms with Crippen molar-refractivity contribution in [3.05, 3.63) is 59.7 Å². The molecule has 1 amide bonds. The van der Waals surface area contributed by atoms with E-state index in [4.69, 9.17) is 16.4 Å². The quantitative estimate of drug-likeness (QED) is 0.482. The van der Waals surface area contributed by atoms with E-state index in [0.717, 1.165) is 22.3 Å². The number of fused-ring (bicyclic) bond motifs is 3. The minimum atomic E-state index is -1.58. The second-order valence-electron chi connectivity index (χ2n) is 6.54. The molecule has 1 atom stereocenters.